The van der Waals surface area contributed by atoms with Gasteiger partial charge >= 0.3 is 0 Å². The van der Waals surface area contributed by atoms with Gasteiger partial charge in [-0.05, 0) is 35.7 Å². The number of methoxy groups -OCH3 is 3. The molecule has 0 aliphatic carbocycles. The second kappa shape index (κ2) is 7.99. The summed E-state index contributed by atoms with van der Waals surface area (Å²) >= 11 is 0. The van der Waals surface area contributed by atoms with Gasteiger partial charge in [0.1, 0.15) is 11.6 Å². The van der Waals surface area contributed by atoms with Crippen LogP contribution in [0.1, 0.15) is 22.7 Å². The molecule has 2 aromatic carbocycles. The maximum Gasteiger partial charge on any atom is 0.197 e. The van der Waals surface area contributed by atoms with Gasteiger partial charge in [0.25, 0.3) is 0 Å². The highest BCUT2D eigenvalue weighted by Crippen LogP contribution is 2.34. The second-order valence-corrected chi connectivity index (χ2v) is 6.04. The quantitative estimate of drug-likeness (QED) is 0.664. The summed E-state index contributed by atoms with van der Waals surface area (Å²) in [6, 6.07) is 10.6. The van der Waals surface area contributed by atoms with Crippen molar-refractivity contribution in [2.75, 3.05) is 27.1 Å². The van der Waals surface area contributed by atoms with Gasteiger partial charge in [0.15, 0.2) is 17.4 Å². The minimum absolute atomic E-state index is 0.197. The van der Waals surface area contributed by atoms with Crippen molar-refractivity contribution < 1.29 is 18.6 Å². The van der Waals surface area contributed by atoms with Gasteiger partial charge in [-0.2, -0.15) is 0 Å². The molecule has 0 spiro atoms. The van der Waals surface area contributed by atoms with Crippen molar-refractivity contribution in [3.8, 4) is 17.2 Å². The number of nitrogens with two attached hydrogens (primary N) is 1. The lowest BCUT2D eigenvalue weighted by atomic mass is 9.89. The Morgan fingerprint density at radius 3 is 2.26 bits per heavy atom. The summed E-state index contributed by atoms with van der Waals surface area (Å²) in [5, 5.41) is 0. The van der Waals surface area contributed by atoms with Gasteiger partial charge in [-0.15, -0.1) is 0 Å². The number of imidazole rings is 1. The van der Waals surface area contributed by atoms with E-state index in [-0.39, 0.29) is 11.7 Å². The van der Waals surface area contributed by atoms with Gasteiger partial charge in [0.2, 0.25) is 0 Å². The van der Waals surface area contributed by atoms with E-state index in [4.69, 9.17) is 19.9 Å². The highest BCUT2D eigenvalue weighted by atomic mass is 19.1. The first-order valence-corrected chi connectivity index (χ1v) is 8.40. The Kier molecular flexibility index (Phi) is 5.49. The summed E-state index contributed by atoms with van der Waals surface area (Å²) in [6.07, 6.45) is 2.12. The van der Waals surface area contributed by atoms with Crippen molar-refractivity contribution in [1.29, 1.82) is 0 Å². The van der Waals surface area contributed by atoms with Crippen LogP contribution in [0.2, 0.25) is 0 Å². The number of rotatable bonds is 7. The van der Waals surface area contributed by atoms with Crippen LogP contribution in [0.3, 0.4) is 0 Å². The first-order valence-electron chi connectivity index (χ1n) is 8.40. The van der Waals surface area contributed by atoms with Gasteiger partial charge in [-0.3, -0.25) is 0 Å². The summed E-state index contributed by atoms with van der Waals surface area (Å²) < 4.78 is 30.4. The third kappa shape index (κ3) is 3.97. The number of halogens is 1. The Labute approximate surface area is 157 Å². The van der Waals surface area contributed by atoms with Crippen LogP contribution in [-0.2, 0) is 6.42 Å². The topological polar surface area (TPSA) is 82.4 Å². The molecule has 0 aliphatic heterocycles. The molecule has 3 N–H and O–H groups in total. The molecule has 3 rings (SSSR count). The van der Waals surface area contributed by atoms with E-state index < -0.39 is 0 Å². The average molecular weight is 371 g/mol. The normalized spacial score (nSPS) is 11.9. The number of aromatic amines is 1. The molecule has 1 atom stereocenters. The Morgan fingerprint density at radius 1 is 1.04 bits per heavy atom. The van der Waals surface area contributed by atoms with Gasteiger partial charge in [0, 0.05) is 18.2 Å². The standard InChI is InChI=1S/C20H22FN3O3/c1-25-14-6-4-12(5-7-14)15(17-11-23-20(22)24-17)8-13-9-18(26-2)19(27-3)10-16(13)21/h4-7,9-11,15H,8H2,1-3H3,(H3,22,23,24). The molecule has 1 unspecified atom stereocenters. The number of benzene rings is 2. The Bertz CT molecular complexity index is 909. The van der Waals surface area contributed by atoms with E-state index >= 15 is 0 Å². The summed E-state index contributed by atoms with van der Waals surface area (Å²) in [5.41, 5.74) is 7.94. The van der Waals surface area contributed by atoms with E-state index in [1.165, 1.54) is 20.3 Å². The molecule has 0 fully saturated rings. The predicted molar refractivity (Wildman–Crippen MR) is 101 cm³/mol. The zero-order chi connectivity index (χ0) is 19.4. The molecule has 3 aromatic rings. The molecule has 0 saturated heterocycles. The second-order valence-electron chi connectivity index (χ2n) is 6.04. The number of hydrogen-bond acceptors (Lipinski definition) is 5. The molecule has 27 heavy (non-hydrogen) atoms. The lowest BCUT2D eigenvalue weighted by molar-refractivity contribution is 0.351. The van der Waals surface area contributed by atoms with Crippen LogP contribution >= 0.6 is 0 Å². The zero-order valence-corrected chi connectivity index (χ0v) is 15.5. The lowest BCUT2D eigenvalue weighted by Gasteiger charge is -2.18. The van der Waals surface area contributed by atoms with Crippen molar-refractivity contribution in [3.05, 3.63) is 65.2 Å². The maximum absolute atomic E-state index is 14.7. The molecule has 1 heterocycles. The van der Waals surface area contributed by atoms with Crippen LogP contribution in [0.4, 0.5) is 10.3 Å². The largest absolute Gasteiger partial charge is 0.497 e. The molecule has 0 bridgehead atoms. The van der Waals surface area contributed by atoms with Crippen LogP contribution in [0, 0.1) is 5.82 Å². The molecule has 0 radical (unpaired) electrons. The summed E-state index contributed by atoms with van der Waals surface area (Å²) in [4.78, 5) is 7.23. The Hall–Kier alpha value is -3.22. The van der Waals surface area contributed by atoms with Crippen molar-refractivity contribution in [1.82, 2.24) is 9.97 Å². The molecule has 0 aliphatic rings. The smallest absolute Gasteiger partial charge is 0.197 e. The van der Waals surface area contributed by atoms with Gasteiger partial charge in [-0.1, -0.05) is 12.1 Å². The van der Waals surface area contributed by atoms with Crippen LogP contribution in [-0.4, -0.2) is 31.3 Å². The Balaban J connectivity index is 2.01. The van der Waals surface area contributed by atoms with E-state index in [0.717, 1.165) is 17.0 Å². The molecule has 7 heteroatoms. The molecule has 1 aromatic heterocycles. The molecule has 0 saturated carbocycles. The predicted octanol–water partition coefficient (Wildman–Crippen LogP) is 3.53. The molecule has 6 nitrogen and oxygen atoms in total. The number of nitrogens with one attached hydrogen (secondary N) is 1. The first-order chi connectivity index (χ1) is 13.0. The van der Waals surface area contributed by atoms with Crippen molar-refractivity contribution in [2.45, 2.75) is 12.3 Å². The van der Waals surface area contributed by atoms with Crippen LogP contribution in [0.5, 0.6) is 17.2 Å². The third-order valence-corrected chi connectivity index (χ3v) is 4.47. The number of ether oxygens (including phenoxy) is 3. The fourth-order valence-electron chi connectivity index (χ4n) is 3.03. The van der Waals surface area contributed by atoms with Crippen LogP contribution in [0.25, 0.3) is 0 Å². The zero-order valence-electron chi connectivity index (χ0n) is 15.5. The third-order valence-electron chi connectivity index (χ3n) is 4.47. The maximum atomic E-state index is 14.7. The fourth-order valence-corrected chi connectivity index (χ4v) is 3.03. The summed E-state index contributed by atoms with van der Waals surface area (Å²) in [5.74, 6) is 1.33. The van der Waals surface area contributed by atoms with Crippen LogP contribution in [0.15, 0.2) is 42.6 Å². The number of anilines is 1. The van der Waals surface area contributed by atoms with Crippen molar-refractivity contribution in [2.24, 2.45) is 0 Å². The van der Waals surface area contributed by atoms with Gasteiger partial charge in [-0.25, -0.2) is 9.37 Å². The van der Waals surface area contributed by atoms with E-state index in [2.05, 4.69) is 9.97 Å². The summed E-state index contributed by atoms with van der Waals surface area (Å²) in [7, 11) is 4.61. The SMILES string of the molecule is COc1ccc(C(Cc2cc(OC)c(OC)cc2F)c2c[nH]c(N)n2)cc1. The minimum Gasteiger partial charge on any atom is -0.497 e. The summed E-state index contributed by atoms with van der Waals surface area (Å²) in [6.45, 7) is 0. The van der Waals surface area contributed by atoms with Gasteiger partial charge < -0.3 is 24.9 Å². The molecule has 142 valence electrons. The number of nitrogens with zero attached hydrogens (tertiary/aromatic N) is 1. The number of nitrogen functional groups attached to an aromatic ring is 1. The number of aromatic nitrogens is 2. The van der Waals surface area contributed by atoms with E-state index in [1.807, 2.05) is 24.3 Å². The Morgan fingerprint density at radius 2 is 1.70 bits per heavy atom. The highest BCUT2D eigenvalue weighted by Gasteiger charge is 2.21. The van der Waals surface area contributed by atoms with Crippen molar-refractivity contribution in [3.63, 3.8) is 0 Å². The molecule has 0 amide bonds. The van der Waals surface area contributed by atoms with Crippen molar-refractivity contribution >= 4 is 5.95 Å². The lowest BCUT2D eigenvalue weighted by Crippen LogP contribution is -2.08. The first kappa shape index (κ1) is 18.6. The number of H-pyrrole nitrogens is 1. The van der Waals surface area contributed by atoms with E-state index in [1.54, 1.807) is 19.4 Å². The molecular formula is C20H22FN3O3. The fraction of sp³-hybridized carbons (Fsp3) is 0.250. The van der Waals surface area contributed by atoms with E-state index in [0.29, 0.717) is 29.4 Å². The average Bonchev–Trinajstić information content (AvgIpc) is 3.12. The van der Waals surface area contributed by atoms with Crippen LogP contribution < -0.4 is 19.9 Å². The monoisotopic (exact) mass is 371 g/mol. The highest BCUT2D eigenvalue weighted by molar-refractivity contribution is 5.45. The molecular weight excluding hydrogens is 349 g/mol. The number of hydrogen-bond donors (Lipinski definition) is 2. The minimum atomic E-state index is -0.366. The van der Waals surface area contributed by atoms with E-state index in [9.17, 15) is 4.39 Å². The van der Waals surface area contributed by atoms with Gasteiger partial charge in [0.05, 0.1) is 27.0 Å².